The number of methoxy groups -OCH3 is 2. The molecule has 2 atom stereocenters. The van der Waals surface area contributed by atoms with Crippen molar-refractivity contribution in [2.75, 3.05) is 40.5 Å². The van der Waals surface area contributed by atoms with E-state index in [0.717, 1.165) is 32.2 Å². The number of hydrogen-bond acceptors (Lipinski definition) is 7. The van der Waals surface area contributed by atoms with Crippen LogP contribution in [0.25, 0.3) is 0 Å². The van der Waals surface area contributed by atoms with Gasteiger partial charge in [-0.1, -0.05) is 13.8 Å². The van der Waals surface area contributed by atoms with Crippen LogP contribution in [0, 0.1) is 0 Å². The molecule has 1 aliphatic heterocycles. The van der Waals surface area contributed by atoms with E-state index in [1.54, 1.807) is 32.4 Å². The maximum Gasteiger partial charge on any atom is 0.410 e. The molecule has 1 fully saturated rings. The average molecular weight is 550 g/mol. The van der Waals surface area contributed by atoms with Crippen LogP contribution in [0.1, 0.15) is 84.5 Å². The molecule has 1 aromatic carbocycles. The number of rotatable bonds is 13. The standard InChI is InChI=1S/C30H51N3O6/c1-21(2)31-16-15-24-12-13-25(20-32(24)29(35)39-30(5,6)7)33(22(3)4)28(34)23-11-14-26(37-9)27(19-23)38-18-10-17-36-8/h11,14,19,21-22,24-25,31H,10,12-13,15-18,20H2,1-9H3/t24-,25?/m1/s1. The van der Waals surface area contributed by atoms with Crippen molar-refractivity contribution in [1.29, 1.82) is 0 Å². The molecule has 0 aromatic heterocycles. The fourth-order valence-electron chi connectivity index (χ4n) is 4.90. The number of carbonyl (C=O) groups excluding carboxylic acids is 2. The molecule has 1 saturated heterocycles. The van der Waals surface area contributed by atoms with Gasteiger partial charge in [-0.2, -0.15) is 0 Å². The Labute approximate surface area is 235 Å². The Morgan fingerprint density at radius 3 is 2.38 bits per heavy atom. The second-order valence-corrected chi connectivity index (χ2v) is 11.8. The van der Waals surface area contributed by atoms with Crippen molar-refractivity contribution >= 4 is 12.0 Å². The second kappa shape index (κ2) is 15.3. The lowest BCUT2D eigenvalue weighted by atomic mass is 9.93. The van der Waals surface area contributed by atoms with Gasteiger partial charge < -0.3 is 34.1 Å². The van der Waals surface area contributed by atoms with E-state index in [1.165, 1.54) is 0 Å². The third-order valence-electron chi connectivity index (χ3n) is 6.68. The first-order chi connectivity index (χ1) is 18.4. The van der Waals surface area contributed by atoms with Crippen LogP contribution in [0.15, 0.2) is 18.2 Å². The topological polar surface area (TPSA) is 89.6 Å². The Bertz CT molecular complexity index is 914. The molecular formula is C30H51N3O6. The normalized spacial score (nSPS) is 17.9. The van der Waals surface area contributed by atoms with Crippen molar-refractivity contribution in [3.8, 4) is 11.5 Å². The second-order valence-electron chi connectivity index (χ2n) is 11.8. The highest BCUT2D eigenvalue weighted by Crippen LogP contribution is 2.31. The van der Waals surface area contributed by atoms with Crippen molar-refractivity contribution in [2.24, 2.45) is 0 Å². The zero-order chi connectivity index (χ0) is 29.2. The molecule has 0 spiro atoms. The van der Waals surface area contributed by atoms with Crippen molar-refractivity contribution in [2.45, 2.75) is 104 Å². The highest BCUT2D eigenvalue weighted by atomic mass is 16.6. The first-order valence-electron chi connectivity index (χ1n) is 14.2. The number of amides is 2. The Kier molecular flexibility index (Phi) is 12.8. The molecular weight excluding hydrogens is 498 g/mol. The number of piperidine rings is 1. The molecule has 9 heteroatoms. The van der Waals surface area contributed by atoms with Gasteiger partial charge in [-0.3, -0.25) is 4.79 Å². The van der Waals surface area contributed by atoms with Crippen molar-refractivity contribution in [3.05, 3.63) is 23.8 Å². The molecule has 9 nitrogen and oxygen atoms in total. The number of benzene rings is 1. The van der Waals surface area contributed by atoms with E-state index in [-0.39, 0.29) is 30.1 Å². The van der Waals surface area contributed by atoms with Crippen LogP contribution < -0.4 is 14.8 Å². The Morgan fingerprint density at radius 1 is 1.08 bits per heavy atom. The zero-order valence-corrected chi connectivity index (χ0v) is 25.5. The molecule has 0 aliphatic carbocycles. The van der Waals surface area contributed by atoms with Crippen molar-refractivity contribution in [3.63, 3.8) is 0 Å². The summed E-state index contributed by atoms with van der Waals surface area (Å²) in [5.41, 5.74) is -0.0699. The Balaban J connectivity index is 2.27. The Morgan fingerprint density at radius 2 is 1.79 bits per heavy atom. The molecule has 1 aliphatic rings. The van der Waals surface area contributed by atoms with E-state index in [4.69, 9.17) is 18.9 Å². The van der Waals surface area contributed by atoms with Gasteiger partial charge in [0, 0.05) is 50.4 Å². The van der Waals surface area contributed by atoms with Gasteiger partial charge in [0.1, 0.15) is 5.60 Å². The van der Waals surface area contributed by atoms with Gasteiger partial charge in [0.25, 0.3) is 5.91 Å². The lowest BCUT2D eigenvalue weighted by Crippen LogP contribution is -2.57. The van der Waals surface area contributed by atoms with Gasteiger partial charge in [0.15, 0.2) is 11.5 Å². The smallest absolute Gasteiger partial charge is 0.410 e. The van der Waals surface area contributed by atoms with Crippen LogP contribution in [-0.2, 0) is 9.47 Å². The van der Waals surface area contributed by atoms with Crippen LogP contribution in [0.2, 0.25) is 0 Å². The van der Waals surface area contributed by atoms with Crippen LogP contribution in [0.5, 0.6) is 11.5 Å². The summed E-state index contributed by atoms with van der Waals surface area (Å²) < 4.78 is 22.3. The first-order valence-corrected chi connectivity index (χ1v) is 14.2. The predicted octanol–water partition coefficient (Wildman–Crippen LogP) is 5.12. The molecule has 0 radical (unpaired) electrons. The monoisotopic (exact) mass is 549 g/mol. The van der Waals surface area contributed by atoms with Gasteiger partial charge in [-0.15, -0.1) is 0 Å². The van der Waals surface area contributed by atoms with Gasteiger partial charge in [-0.05, 0) is 78.6 Å². The quantitative estimate of drug-likeness (QED) is 0.342. The predicted molar refractivity (Wildman–Crippen MR) is 154 cm³/mol. The molecule has 1 N–H and O–H groups in total. The van der Waals surface area contributed by atoms with Gasteiger partial charge in [-0.25, -0.2) is 4.79 Å². The molecule has 222 valence electrons. The molecule has 1 aromatic rings. The minimum absolute atomic E-state index is 0.0551. The van der Waals surface area contributed by atoms with E-state index in [2.05, 4.69) is 19.2 Å². The zero-order valence-electron chi connectivity index (χ0n) is 25.5. The molecule has 2 rings (SSSR count). The number of hydrogen-bond donors (Lipinski definition) is 1. The van der Waals surface area contributed by atoms with Gasteiger partial charge >= 0.3 is 6.09 Å². The number of nitrogens with one attached hydrogen (secondary N) is 1. The van der Waals surface area contributed by atoms with Crippen molar-refractivity contribution in [1.82, 2.24) is 15.1 Å². The number of ether oxygens (including phenoxy) is 4. The minimum Gasteiger partial charge on any atom is -0.493 e. The maximum absolute atomic E-state index is 13.9. The summed E-state index contributed by atoms with van der Waals surface area (Å²) in [6.45, 7) is 16.2. The summed E-state index contributed by atoms with van der Waals surface area (Å²) in [5, 5.41) is 3.46. The lowest BCUT2D eigenvalue weighted by molar-refractivity contribution is -0.00789. The van der Waals surface area contributed by atoms with Gasteiger partial charge in [0.05, 0.1) is 19.8 Å². The third kappa shape index (κ3) is 10.2. The summed E-state index contributed by atoms with van der Waals surface area (Å²) in [6, 6.07) is 5.53. The average Bonchev–Trinajstić information content (AvgIpc) is 2.85. The number of carbonyl (C=O) groups is 2. The summed E-state index contributed by atoms with van der Waals surface area (Å²) in [4.78, 5) is 30.9. The highest BCUT2D eigenvalue weighted by molar-refractivity contribution is 5.95. The molecule has 0 saturated carbocycles. The minimum atomic E-state index is -0.596. The van der Waals surface area contributed by atoms with Crippen LogP contribution in [0.4, 0.5) is 4.79 Å². The molecule has 1 unspecified atom stereocenters. The first kappa shape index (κ1) is 32.7. The number of nitrogens with zero attached hydrogens (tertiary/aromatic N) is 2. The third-order valence-corrected chi connectivity index (χ3v) is 6.68. The maximum atomic E-state index is 13.9. The fourth-order valence-corrected chi connectivity index (χ4v) is 4.90. The van der Waals surface area contributed by atoms with Gasteiger partial charge in [0.2, 0.25) is 0 Å². The van der Waals surface area contributed by atoms with E-state index < -0.39 is 5.60 Å². The van der Waals surface area contributed by atoms with Crippen LogP contribution in [0.3, 0.4) is 0 Å². The van der Waals surface area contributed by atoms with E-state index >= 15 is 0 Å². The van der Waals surface area contributed by atoms with Crippen molar-refractivity contribution < 1.29 is 28.5 Å². The molecule has 1 heterocycles. The van der Waals surface area contributed by atoms with Crippen LogP contribution in [-0.4, -0.2) is 92.1 Å². The summed E-state index contributed by atoms with van der Waals surface area (Å²) >= 11 is 0. The molecule has 39 heavy (non-hydrogen) atoms. The molecule has 2 amide bonds. The van der Waals surface area contributed by atoms with E-state index in [9.17, 15) is 9.59 Å². The molecule has 0 bridgehead atoms. The van der Waals surface area contributed by atoms with Crippen LogP contribution >= 0.6 is 0 Å². The largest absolute Gasteiger partial charge is 0.493 e. The Hall–Kier alpha value is -2.52. The SMILES string of the molecule is COCCCOc1cc(C(=O)N(C(C)C)C2CC[C@H](CCNC(C)C)N(C(=O)OC(C)(C)C)C2)ccc1OC. The summed E-state index contributed by atoms with van der Waals surface area (Å²) in [5.74, 6) is 1.01. The van der Waals surface area contributed by atoms with E-state index in [0.29, 0.717) is 42.9 Å². The fraction of sp³-hybridized carbons (Fsp3) is 0.733. The highest BCUT2D eigenvalue weighted by Gasteiger charge is 2.38. The lowest BCUT2D eigenvalue weighted by Gasteiger charge is -2.45. The summed E-state index contributed by atoms with van der Waals surface area (Å²) in [7, 11) is 3.24. The van der Waals surface area contributed by atoms with E-state index in [1.807, 2.05) is 44.4 Å². The number of likely N-dealkylation sites (tertiary alicyclic amines) is 1. The summed E-state index contributed by atoms with van der Waals surface area (Å²) in [6.07, 6.45) is 2.85.